The van der Waals surface area contributed by atoms with Gasteiger partial charge in [-0.1, -0.05) is 6.92 Å². The number of benzene rings is 1. The minimum Gasteiger partial charge on any atom is -0.482 e. The lowest BCUT2D eigenvalue weighted by molar-refractivity contribution is -0.118. The molecular formula is C15H14N2O4. The van der Waals surface area contributed by atoms with Gasteiger partial charge in [0.25, 0.3) is 11.8 Å². The van der Waals surface area contributed by atoms with Gasteiger partial charge in [-0.3, -0.25) is 9.59 Å². The smallest absolute Gasteiger partial charge is 0.291 e. The summed E-state index contributed by atoms with van der Waals surface area (Å²) in [4.78, 5) is 23.2. The maximum atomic E-state index is 12.0. The molecule has 1 aliphatic heterocycles. The van der Waals surface area contributed by atoms with E-state index in [0.29, 0.717) is 17.1 Å². The number of ether oxygens (including phenoxy) is 1. The van der Waals surface area contributed by atoms with E-state index in [9.17, 15) is 9.59 Å². The number of nitrogens with one attached hydrogen (secondary N) is 2. The van der Waals surface area contributed by atoms with E-state index in [0.717, 1.165) is 12.2 Å². The first-order valence-corrected chi connectivity index (χ1v) is 6.62. The lowest BCUT2D eigenvalue weighted by atomic mass is 10.2. The topological polar surface area (TPSA) is 80.6 Å². The molecule has 108 valence electrons. The van der Waals surface area contributed by atoms with E-state index in [-0.39, 0.29) is 24.2 Å². The molecule has 0 unspecified atom stereocenters. The molecule has 0 fully saturated rings. The Kier molecular flexibility index (Phi) is 3.35. The Bertz CT molecular complexity index is 705. The second-order valence-corrected chi connectivity index (χ2v) is 4.62. The molecule has 0 spiro atoms. The number of aryl methyl sites for hydroxylation is 1. The Balaban J connectivity index is 1.76. The van der Waals surface area contributed by atoms with E-state index in [2.05, 4.69) is 10.6 Å². The molecule has 2 amide bonds. The number of furan rings is 1. The molecule has 0 atom stereocenters. The standard InChI is InChI=1S/C15H14N2O4/c1-2-10-4-6-12(21-10)15(19)16-9-3-5-11-13(7-9)20-8-14(18)17-11/h3-7H,2,8H2,1H3,(H,16,19)(H,17,18). The van der Waals surface area contributed by atoms with Crippen LogP contribution >= 0.6 is 0 Å². The Morgan fingerprint density at radius 1 is 1.33 bits per heavy atom. The Labute approximate surface area is 121 Å². The average molecular weight is 286 g/mol. The Morgan fingerprint density at radius 2 is 2.19 bits per heavy atom. The van der Waals surface area contributed by atoms with Gasteiger partial charge in [-0.2, -0.15) is 0 Å². The molecule has 0 saturated heterocycles. The summed E-state index contributed by atoms with van der Waals surface area (Å²) < 4.78 is 10.7. The summed E-state index contributed by atoms with van der Waals surface area (Å²) in [5.41, 5.74) is 1.17. The van der Waals surface area contributed by atoms with Crippen molar-refractivity contribution in [1.82, 2.24) is 0 Å². The maximum Gasteiger partial charge on any atom is 0.291 e. The van der Waals surface area contributed by atoms with E-state index in [1.807, 2.05) is 6.92 Å². The fraction of sp³-hybridized carbons (Fsp3) is 0.200. The van der Waals surface area contributed by atoms with Crippen molar-refractivity contribution in [1.29, 1.82) is 0 Å². The van der Waals surface area contributed by atoms with Crippen molar-refractivity contribution in [3.63, 3.8) is 0 Å². The molecular weight excluding hydrogens is 272 g/mol. The van der Waals surface area contributed by atoms with Gasteiger partial charge >= 0.3 is 0 Å². The second kappa shape index (κ2) is 5.32. The van der Waals surface area contributed by atoms with Crippen molar-refractivity contribution < 1.29 is 18.7 Å². The predicted octanol–water partition coefficient (Wildman–Crippen LogP) is 2.43. The van der Waals surface area contributed by atoms with Gasteiger partial charge in [0.1, 0.15) is 11.5 Å². The van der Waals surface area contributed by atoms with Crippen molar-refractivity contribution in [3.05, 3.63) is 41.9 Å². The summed E-state index contributed by atoms with van der Waals surface area (Å²) in [5, 5.41) is 5.42. The molecule has 21 heavy (non-hydrogen) atoms. The molecule has 0 radical (unpaired) electrons. The third-order valence-electron chi connectivity index (χ3n) is 3.11. The average Bonchev–Trinajstić information content (AvgIpc) is 2.96. The third kappa shape index (κ3) is 2.74. The number of hydrogen-bond acceptors (Lipinski definition) is 4. The third-order valence-corrected chi connectivity index (χ3v) is 3.11. The molecule has 1 aliphatic rings. The first-order chi connectivity index (χ1) is 10.2. The minimum absolute atomic E-state index is 0.0254. The molecule has 3 rings (SSSR count). The van der Waals surface area contributed by atoms with Crippen LogP contribution in [0.3, 0.4) is 0 Å². The Hall–Kier alpha value is -2.76. The van der Waals surface area contributed by atoms with Gasteiger partial charge in [0, 0.05) is 18.2 Å². The van der Waals surface area contributed by atoms with E-state index in [1.54, 1.807) is 30.3 Å². The highest BCUT2D eigenvalue weighted by Gasteiger charge is 2.17. The molecule has 2 aromatic rings. The van der Waals surface area contributed by atoms with Crippen LogP contribution in [0, 0.1) is 0 Å². The largest absolute Gasteiger partial charge is 0.482 e. The van der Waals surface area contributed by atoms with Crippen LogP contribution in [0.1, 0.15) is 23.2 Å². The van der Waals surface area contributed by atoms with Gasteiger partial charge in [0.15, 0.2) is 12.4 Å². The van der Waals surface area contributed by atoms with Crippen LogP contribution in [0.5, 0.6) is 5.75 Å². The fourth-order valence-corrected chi connectivity index (χ4v) is 2.04. The van der Waals surface area contributed by atoms with Gasteiger partial charge in [0.05, 0.1) is 5.69 Å². The number of amides is 2. The number of hydrogen-bond donors (Lipinski definition) is 2. The lowest BCUT2D eigenvalue weighted by Gasteiger charge is -2.18. The van der Waals surface area contributed by atoms with Crippen molar-refractivity contribution in [3.8, 4) is 5.75 Å². The number of fused-ring (bicyclic) bond motifs is 1. The molecule has 2 heterocycles. The van der Waals surface area contributed by atoms with Crippen molar-refractivity contribution in [2.75, 3.05) is 17.2 Å². The first kappa shape index (κ1) is 13.2. The van der Waals surface area contributed by atoms with Crippen LogP contribution in [0.25, 0.3) is 0 Å². The zero-order valence-corrected chi connectivity index (χ0v) is 11.4. The van der Waals surface area contributed by atoms with Gasteiger partial charge in [-0.15, -0.1) is 0 Å². The number of rotatable bonds is 3. The Morgan fingerprint density at radius 3 is 2.95 bits per heavy atom. The molecule has 2 N–H and O–H groups in total. The summed E-state index contributed by atoms with van der Waals surface area (Å²) in [6.07, 6.45) is 0.736. The highest BCUT2D eigenvalue weighted by atomic mass is 16.5. The maximum absolute atomic E-state index is 12.0. The summed E-state index contributed by atoms with van der Waals surface area (Å²) in [7, 11) is 0. The number of carbonyl (C=O) groups excluding carboxylic acids is 2. The van der Waals surface area contributed by atoms with Crippen molar-refractivity contribution in [2.45, 2.75) is 13.3 Å². The van der Waals surface area contributed by atoms with Gasteiger partial charge < -0.3 is 19.8 Å². The van der Waals surface area contributed by atoms with Gasteiger partial charge in [-0.25, -0.2) is 0 Å². The van der Waals surface area contributed by atoms with E-state index in [4.69, 9.17) is 9.15 Å². The summed E-state index contributed by atoms with van der Waals surface area (Å²) in [6, 6.07) is 8.46. The summed E-state index contributed by atoms with van der Waals surface area (Å²) >= 11 is 0. The van der Waals surface area contributed by atoms with Crippen LogP contribution in [-0.2, 0) is 11.2 Å². The molecule has 6 nitrogen and oxygen atoms in total. The van der Waals surface area contributed by atoms with E-state index in [1.165, 1.54) is 0 Å². The molecule has 0 bridgehead atoms. The SMILES string of the molecule is CCc1ccc(C(=O)Nc2ccc3c(c2)OCC(=O)N3)o1. The minimum atomic E-state index is -0.325. The number of carbonyl (C=O) groups is 2. The summed E-state index contributed by atoms with van der Waals surface area (Å²) in [6.45, 7) is 1.93. The zero-order chi connectivity index (χ0) is 14.8. The van der Waals surface area contributed by atoms with Crippen molar-refractivity contribution in [2.24, 2.45) is 0 Å². The first-order valence-electron chi connectivity index (χ1n) is 6.62. The van der Waals surface area contributed by atoms with Crippen LogP contribution < -0.4 is 15.4 Å². The molecule has 1 aromatic carbocycles. The molecule has 6 heteroatoms. The lowest BCUT2D eigenvalue weighted by Crippen LogP contribution is -2.25. The van der Waals surface area contributed by atoms with E-state index >= 15 is 0 Å². The van der Waals surface area contributed by atoms with Gasteiger partial charge in [-0.05, 0) is 24.3 Å². The predicted molar refractivity (Wildman–Crippen MR) is 76.6 cm³/mol. The monoisotopic (exact) mass is 286 g/mol. The normalized spacial score (nSPS) is 13.1. The fourth-order valence-electron chi connectivity index (χ4n) is 2.04. The second-order valence-electron chi connectivity index (χ2n) is 4.62. The quantitative estimate of drug-likeness (QED) is 0.908. The van der Waals surface area contributed by atoms with Crippen LogP contribution in [0.2, 0.25) is 0 Å². The molecule has 0 saturated carbocycles. The number of anilines is 2. The molecule has 1 aromatic heterocycles. The van der Waals surface area contributed by atoms with Crippen LogP contribution in [0.4, 0.5) is 11.4 Å². The van der Waals surface area contributed by atoms with Crippen LogP contribution in [-0.4, -0.2) is 18.4 Å². The molecule has 0 aliphatic carbocycles. The van der Waals surface area contributed by atoms with Crippen LogP contribution in [0.15, 0.2) is 34.7 Å². The zero-order valence-electron chi connectivity index (χ0n) is 11.4. The van der Waals surface area contributed by atoms with Gasteiger partial charge in [0.2, 0.25) is 0 Å². The van der Waals surface area contributed by atoms with E-state index < -0.39 is 0 Å². The highest BCUT2D eigenvalue weighted by Crippen LogP contribution is 2.30. The summed E-state index contributed by atoms with van der Waals surface area (Å²) in [5.74, 6) is 1.04. The highest BCUT2D eigenvalue weighted by molar-refractivity contribution is 6.03. The van der Waals surface area contributed by atoms with Crippen molar-refractivity contribution >= 4 is 23.2 Å².